The molecule has 0 N–H and O–H groups in total. The Kier molecular flexibility index (Phi) is 3.20. The van der Waals surface area contributed by atoms with Gasteiger partial charge in [-0.3, -0.25) is 0 Å². The van der Waals surface area contributed by atoms with Gasteiger partial charge in [-0.1, -0.05) is 34.7 Å². The van der Waals surface area contributed by atoms with E-state index in [1.807, 2.05) is 6.07 Å². The molecule has 0 aliphatic rings. The van der Waals surface area contributed by atoms with Crippen LogP contribution in [0.25, 0.3) is 0 Å². The van der Waals surface area contributed by atoms with Crippen molar-refractivity contribution in [2.24, 2.45) is 0 Å². The second kappa shape index (κ2) is 4.01. The Labute approximate surface area is 88.5 Å². The van der Waals surface area contributed by atoms with E-state index in [1.165, 1.54) is 24.3 Å². The van der Waals surface area contributed by atoms with Crippen LogP contribution < -0.4 is 0 Å². The summed E-state index contributed by atoms with van der Waals surface area (Å²) in [6.45, 7) is 0. The van der Waals surface area contributed by atoms with Gasteiger partial charge in [0.25, 0.3) is 5.92 Å². The fraction of sp³-hybridized carbons (Fsp3) is 0.222. The molecule has 4 heteroatoms. The number of hydrogen-bond donors (Lipinski definition) is 0. The van der Waals surface area contributed by atoms with Gasteiger partial charge in [0.15, 0.2) is 0 Å². The molecule has 0 aromatic heterocycles. The summed E-state index contributed by atoms with van der Waals surface area (Å²) in [4.78, 5) is 0. The number of nitrogens with zero attached hydrogens (tertiary/aromatic N) is 1. The molecule has 1 aromatic rings. The maximum absolute atomic E-state index is 13.0. The van der Waals surface area contributed by atoms with E-state index in [-0.39, 0.29) is 9.99 Å². The monoisotopic (exact) mass is 293 g/mol. The molecule has 0 saturated carbocycles. The first-order valence-corrected chi connectivity index (χ1v) is 5.07. The quantitative estimate of drug-likeness (QED) is 0.607. The van der Waals surface area contributed by atoms with Crippen molar-refractivity contribution in [1.29, 1.82) is 5.26 Å². The highest BCUT2D eigenvalue weighted by Gasteiger charge is 2.29. The lowest BCUT2D eigenvalue weighted by molar-refractivity contribution is 0.0265. The lowest BCUT2D eigenvalue weighted by atomic mass is 10.1. The van der Waals surface area contributed by atoms with Gasteiger partial charge in [-0.05, 0) is 12.1 Å². The minimum Gasteiger partial charge on any atom is -0.200 e. The molecule has 1 nitrogen and oxygen atoms in total. The fourth-order valence-electron chi connectivity index (χ4n) is 0.866. The molecule has 0 bridgehead atoms. The number of nitriles is 1. The third-order valence-corrected chi connectivity index (χ3v) is 2.56. The first kappa shape index (κ1) is 10.4. The van der Waals surface area contributed by atoms with Crippen molar-refractivity contribution in [3.8, 4) is 6.07 Å². The van der Waals surface area contributed by atoms with Gasteiger partial charge >= 0.3 is 0 Å². The smallest absolute Gasteiger partial charge is 0.200 e. The van der Waals surface area contributed by atoms with Crippen LogP contribution in [0.2, 0.25) is 0 Å². The Hall–Kier alpha value is -0.700. The molecule has 68 valence electrons. The number of alkyl halides is 3. The molecular formula is C9H6F2IN. The van der Waals surface area contributed by atoms with E-state index >= 15 is 0 Å². The molecule has 0 radical (unpaired) electrons. The summed E-state index contributed by atoms with van der Waals surface area (Å²) in [6.07, 6.45) is 0. The maximum Gasteiger partial charge on any atom is 0.282 e. The second-order valence-corrected chi connectivity index (χ2v) is 3.29. The molecule has 0 aliphatic carbocycles. The zero-order valence-corrected chi connectivity index (χ0v) is 8.76. The fourth-order valence-corrected chi connectivity index (χ4v) is 1.31. The van der Waals surface area contributed by atoms with Gasteiger partial charge in [0.05, 0.1) is 16.1 Å². The number of rotatable bonds is 2. The highest BCUT2D eigenvalue weighted by molar-refractivity contribution is 14.1. The van der Waals surface area contributed by atoms with Gasteiger partial charge in [-0.15, -0.1) is 0 Å². The summed E-state index contributed by atoms with van der Waals surface area (Å²) in [5.41, 5.74) is 0.355. The standard InChI is InChI=1S/C9H6F2IN/c10-9(11,6-12)8-3-1-7(5-13)2-4-8/h1-4H,6H2. The van der Waals surface area contributed by atoms with Crippen molar-refractivity contribution in [2.75, 3.05) is 4.43 Å². The van der Waals surface area contributed by atoms with Crippen LogP contribution in [-0.2, 0) is 5.92 Å². The lowest BCUT2D eigenvalue weighted by Crippen LogP contribution is -2.14. The van der Waals surface area contributed by atoms with E-state index in [2.05, 4.69) is 0 Å². The van der Waals surface area contributed by atoms with Gasteiger partial charge in [0.1, 0.15) is 0 Å². The van der Waals surface area contributed by atoms with Crippen molar-refractivity contribution >= 4 is 22.6 Å². The van der Waals surface area contributed by atoms with E-state index in [4.69, 9.17) is 5.26 Å². The molecule has 13 heavy (non-hydrogen) atoms. The normalized spacial score (nSPS) is 10.9. The Morgan fingerprint density at radius 2 is 1.85 bits per heavy atom. The zero-order valence-electron chi connectivity index (χ0n) is 6.60. The molecular weight excluding hydrogens is 287 g/mol. The molecule has 0 saturated heterocycles. The molecule has 0 spiro atoms. The van der Waals surface area contributed by atoms with Gasteiger partial charge in [-0.2, -0.15) is 5.26 Å². The van der Waals surface area contributed by atoms with Crippen molar-refractivity contribution in [3.63, 3.8) is 0 Å². The summed E-state index contributed by atoms with van der Waals surface area (Å²) in [5.74, 6) is -2.80. The van der Waals surface area contributed by atoms with Crippen LogP contribution >= 0.6 is 22.6 Å². The van der Waals surface area contributed by atoms with Gasteiger partial charge < -0.3 is 0 Å². The zero-order chi connectivity index (χ0) is 9.90. The summed E-state index contributed by atoms with van der Waals surface area (Å²) in [6, 6.07) is 7.25. The molecule has 0 aliphatic heterocycles. The van der Waals surface area contributed by atoms with E-state index in [0.29, 0.717) is 5.56 Å². The third kappa shape index (κ3) is 2.37. The molecule has 0 fully saturated rings. The topological polar surface area (TPSA) is 23.8 Å². The molecule has 0 atom stereocenters. The molecule has 0 amide bonds. The Morgan fingerprint density at radius 1 is 1.31 bits per heavy atom. The van der Waals surface area contributed by atoms with Crippen LogP contribution in [0.15, 0.2) is 24.3 Å². The van der Waals surface area contributed by atoms with Gasteiger partial charge in [-0.25, -0.2) is 8.78 Å². The number of hydrogen-bond acceptors (Lipinski definition) is 1. The Balaban J connectivity index is 3.00. The first-order chi connectivity index (χ1) is 6.10. The van der Waals surface area contributed by atoms with Crippen LogP contribution in [-0.4, -0.2) is 4.43 Å². The number of halogens is 3. The van der Waals surface area contributed by atoms with Crippen molar-refractivity contribution in [2.45, 2.75) is 5.92 Å². The average Bonchev–Trinajstić information content (AvgIpc) is 2.18. The van der Waals surface area contributed by atoms with Crippen LogP contribution in [0.3, 0.4) is 0 Å². The predicted molar refractivity (Wildman–Crippen MR) is 53.9 cm³/mol. The minimum atomic E-state index is -2.80. The summed E-state index contributed by atoms with van der Waals surface area (Å²) < 4.78 is 25.8. The summed E-state index contributed by atoms with van der Waals surface area (Å²) in [5, 5.41) is 8.45. The second-order valence-electron chi connectivity index (χ2n) is 2.53. The largest absolute Gasteiger partial charge is 0.282 e. The van der Waals surface area contributed by atoms with Gasteiger partial charge in [0, 0.05) is 5.56 Å². The van der Waals surface area contributed by atoms with Crippen molar-refractivity contribution < 1.29 is 8.78 Å². The molecule has 0 unspecified atom stereocenters. The highest BCUT2D eigenvalue weighted by Crippen LogP contribution is 2.29. The van der Waals surface area contributed by atoms with Crippen molar-refractivity contribution in [3.05, 3.63) is 35.4 Å². The average molecular weight is 293 g/mol. The third-order valence-electron chi connectivity index (χ3n) is 1.60. The number of benzene rings is 1. The SMILES string of the molecule is N#Cc1ccc(C(F)(F)CI)cc1. The summed E-state index contributed by atoms with van der Waals surface area (Å²) >= 11 is 1.64. The molecule has 1 aromatic carbocycles. The maximum atomic E-state index is 13.0. The first-order valence-electron chi connectivity index (χ1n) is 3.54. The van der Waals surface area contributed by atoms with E-state index < -0.39 is 5.92 Å². The Morgan fingerprint density at radius 3 is 2.23 bits per heavy atom. The highest BCUT2D eigenvalue weighted by atomic mass is 127. The molecule has 0 heterocycles. The van der Waals surface area contributed by atoms with E-state index in [1.54, 1.807) is 22.6 Å². The van der Waals surface area contributed by atoms with Crippen molar-refractivity contribution in [1.82, 2.24) is 0 Å². The lowest BCUT2D eigenvalue weighted by Gasteiger charge is -2.12. The van der Waals surface area contributed by atoms with Gasteiger partial charge in [0.2, 0.25) is 0 Å². The van der Waals surface area contributed by atoms with Crippen LogP contribution in [0.4, 0.5) is 8.78 Å². The van der Waals surface area contributed by atoms with Crippen LogP contribution in [0, 0.1) is 11.3 Å². The summed E-state index contributed by atoms with van der Waals surface area (Å²) in [7, 11) is 0. The molecule has 1 rings (SSSR count). The Bertz CT molecular complexity index is 326. The predicted octanol–water partition coefficient (Wildman–Crippen LogP) is 3.09. The van der Waals surface area contributed by atoms with Crippen LogP contribution in [0.5, 0.6) is 0 Å². The van der Waals surface area contributed by atoms with Crippen LogP contribution in [0.1, 0.15) is 11.1 Å². The minimum absolute atomic E-state index is 0.0408. The van der Waals surface area contributed by atoms with E-state index in [9.17, 15) is 8.78 Å². The van der Waals surface area contributed by atoms with E-state index in [0.717, 1.165) is 0 Å².